The summed E-state index contributed by atoms with van der Waals surface area (Å²) >= 11 is 0. The predicted molar refractivity (Wildman–Crippen MR) is 110 cm³/mol. The Labute approximate surface area is 179 Å². The van der Waals surface area contributed by atoms with Crippen LogP contribution in [0.4, 0.5) is 0 Å². The maximum atomic E-state index is 12.4. The Bertz CT molecular complexity index is 988. The maximum absolute atomic E-state index is 12.4. The number of ether oxygens (including phenoxy) is 5. The Morgan fingerprint density at radius 1 is 1.19 bits per heavy atom. The van der Waals surface area contributed by atoms with Crippen molar-refractivity contribution >= 4 is 18.0 Å². The average molecular weight is 423 g/mol. The van der Waals surface area contributed by atoms with Crippen molar-refractivity contribution in [3.63, 3.8) is 0 Å². The number of hydrogen-bond acceptors (Lipinski definition) is 8. The van der Waals surface area contributed by atoms with Gasteiger partial charge in [0.1, 0.15) is 36.6 Å². The number of esters is 2. The fraction of sp³-hybridized carbons (Fsp3) is 0.261. The first-order chi connectivity index (χ1) is 15.1. The summed E-state index contributed by atoms with van der Waals surface area (Å²) in [5.41, 5.74) is 0.971. The van der Waals surface area contributed by atoms with Crippen LogP contribution in [0.2, 0.25) is 0 Å². The lowest BCUT2D eigenvalue weighted by atomic mass is 10.1. The third-order valence-corrected chi connectivity index (χ3v) is 4.20. The Hall–Kier alpha value is -3.83. The van der Waals surface area contributed by atoms with Gasteiger partial charge in [-0.2, -0.15) is 5.26 Å². The fourth-order valence-electron chi connectivity index (χ4n) is 2.50. The van der Waals surface area contributed by atoms with Crippen LogP contribution in [0, 0.1) is 11.3 Å². The monoisotopic (exact) mass is 423 g/mol. The highest BCUT2D eigenvalue weighted by Gasteiger charge is 2.23. The highest BCUT2D eigenvalue weighted by atomic mass is 16.6. The molecule has 1 saturated heterocycles. The number of hydrogen-bond donors (Lipinski definition) is 0. The molecule has 0 N–H and O–H groups in total. The first-order valence-corrected chi connectivity index (χ1v) is 9.55. The molecule has 1 unspecified atom stereocenters. The molecule has 2 aromatic rings. The van der Waals surface area contributed by atoms with Gasteiger partial charge in [0.2, 0.25) is 0 Å². The van der Waals surface area contributed by atoms with Crippen molar-refractivity contribution in [3.05, 3.63) is 59.7 Å². The molecule has 160 valence electrons. The van der Waals surface area contributed by atoms with Crippen molar-refractivity contribution in [1.29, 1.82) is 5.26 Å². The van der Waals surface area contributed by atoms with E-state index in [1.165, 1.54) is 19.3 Å². The molecule has 1 atom stereocenters. The van der Waals surface area contributed by atoms with E-state index in [0.717, 1.165) is 6.61 Å². The lowest BCUT2D eigenvalue weighted by molar-refractivity contribution is -0.137. The Balaban J connectivity index is 1.59. The van der Waals surface area contributed by atoms with Crippen LogP contribution in [0.15, 0.2) is 48.5 Å². The summed E-state index contributed by atoms with van der Waals surface area (Å²) in [5, 5.41) is 8.45. The van der Waals surface area contributed by atoms with E-state index in [1.54, 1.807) is 42.5 Å². The van der Waals surface area contributed by atoms with Crippen molar-refractivity contribution in [1.82, 2.24) is 0 Å². The lowest BCUT2D eigenvalue weighted by Gasteiger charge is -2.09. The van der Waals surface area contributed by atoms with E-state index < -0.39 is 11.9 Å². The summed E-state index contributed by atoms with van der Waals surface area (Å²) in [6.45, 7) is 1.24. The molecule has 1 fully saturated rings. The number of carbonyl (C=O) groups is 2. The van der Waals surface area contributed by atoms with Crippen molar-refractivity contribution in [3.8, 4) is 23.3 Å². The van der Waals surface area contributed by atoms with Gasteiger partial charge in [-0.3, -0.25) is 0 Å². The second-order valence-corrected chi connectivity index (χ2v) is 6.49. The van der Waals surface area contributed by atoms with Gasteiger partial charge in [0.05, 0.1) is 31.8 Å². The third kappa shape index (κ3) is 6.87. The summed E-state index contributed by atoms with van der Waals surface area (Å²) in [7, 11) is 1.47. The number of nitriles is 1. The molecular formula is C23H21NO7. The van der Waals surface area contributed by atoms with Gasteiger partial charge in [-0.05, 0) is 42.5 Å². The van der Waals surface area contributed by atoms with Gasteiger partial charge in [0, 0.05) is 17.7 Å². The molecule has 0 aliphatic carbocycles. The number of methoxy groups -OCH3 is 1. The number of rotatable bonds is 10. The van der Waals surface area contributed by atoms with Crippen molar-refractivity contribution in [2.45, 2.75) is 12.5 Å². The van der Waals surface area contributed by atoms with Gasteiger partial charge in [0.15, 0.2) is 0 Å². The quantitative estimate of drug-likeness (QED) is 0.189. The van der Waals surface area contributed by atoms with Gasteiger partial charge >= 0.3 is 11.9 Å². The van der Waals surface area contributed by atoms with Crippen LogP contribution >= 0.6 is 0 Å². The Kier molecular flexibility index (Phi) is 7.62. The topological polar surface area (TPSA) is 107 Å². The molecule has 0 radical (unpaired) electrons. The smallest absolute Gasteiger partial charge is 0.343 e. The molecule has 1 aliphatic rings. The molecular weight excluding hydrogens is 402 g/mol. The predicted octanol–water partition coefficient (Wildman–Crippen LogP) is 3.16. The molecule has 2 aromatic carbocycles. The first-order valence-electron chi connectivity index (χ1n) is 9.55. The van der Waals surface area contributed by atoms with E-state index in [4.69, 9.17) is 28.9 Å². The zero-order valence-corrected chi connectivity index (χ0v) is 16.9. The molecule has 3 rings (SSSR count). The van der Waals surface area contributed by atoms with Crippen molar-refractivity contribution < 1.29 is 33.3 Å². The van der Waals surface area contributed by atoms with Crippen LogP contribution in [0.5, 0.6) is 17.2 Å². The molecule has 1 heterocycles. The standard InChI is InChI=1S/C23H21NO7/c1-27-21-13-19(9-3-16(21)6-10-22(25)28-12-2-11-24)31-23(26)17-4-7-18(8-5-17)29-14-20-15-30-20/h3-10,13,20H,2,12,14-15H2,1H3/b10-6+. The Morgan fingerprint density at radius 3 is 2.61 bits per heavy atom. The minimum atomic E-state index is -0.565. The summed E-state index contributed by atoms with van der Waals surface area (Å²) < 4.78 is 26.2. The summed E-state index contributed by atoms with van der Waals surface area (Å²) in [6.07, 6.45) is 3.05. The minimum Gasteiger partial charge on any atom is -0.496 e. The van der Waals surface area contributed by atoms with Crippen LogP contribution in [0.3, 0.4) is 0 Å². The van der Waals surface area contributed by atoms with E-state index in [9.17, 15) is 9.59 Å². The zero-order chi connectivity index (χ0) is 22.1. The third-order valence-electron chi connectivity index (χ3n) is 4.20. The van der Waals surface area contributed by atoms with Gasteiger partial charge in [-0.15, -0.1) is 0 Å². The van der Waals surface area contributed by atoms with Crippen LogP contribution < -0.4 is 14.2 Å². The van der Waals surface area contributed by atoms with Crippen LogP contribution in [-0.4, -0.2) is 45.0 Å². The lowest BCUT2D eigenvalue weighted by Crippen LogP contribution is -2.09. The van der Waals surface area contributed by atoms with E-state index in [-0.39, 0.29) is 19.1 Å². The molecule has 8 heteroatoms. The minimum absolute atomic E-state index is 0.0355. The van der Waals surface area contributed by atoms with E-state index in [1.807, 2.05) is 6.07 Å². The first kappa shape index (κ1) is 21.9. The maximum Gasteiger partial charge on any atom is 0.343 e. The van der Waals surface area contributed by atoms with E-state index >= 15 is 0 Å². The molecule has 0 bridgehead atoms. The second-order valence-electron chi connectivity index (χ2n) is 6.49. The number of epoxide rings is 1. The second kappa shape index (κ2) is 10.8. The number of nitrogens with zero attached hydrogens (tertiary/aromatic N) is 1. The average Bonchev–Trinajstić information content (AvgIpc) is 3.62. The van der Waals surface area contributed by atoms with Crippen LogP contribution in [0.25, 0.3) is 6.08 Å². The molecule has 0 spiro atoms. The largest absolute Gasteiger partial charge is 0.496 e. The number of carbonyl (C=O) groups excluding carboxylic acids is 2. The SMILES string of the molecule is COc1cc(OC(=O)c2ccc(OCC3CO3)cc2)ccc1/C=C/C(=O)OCCC#N. The summed E-state index contributed by atoms with van der Waals surface area (Å²) in [6, 6.07) is 13.3. The zero-order valence-electron chi connectivity index (χ0n) is 16.9. The fourth-order valence-corrected chi connectivity index (χ4v) is 2.50. The van der Waals surface area contributed by atoms with Gasteiger partial charge in [-0.1, -0.05) is 0 Å². The molecule has 1 aliphatic heterocycles. The van der Waals surface area contributed by atoms with Crippen LogP contribution in [0.1, 0.15) is 22.3 Å². The van der Waals surface area contributed by atoms with Gasteiger partial charge in [-0.25, -0.2) is 9.59 Å². The van der Waals surface area contributed by atoms with Crippen molar-refractivity contribution in [2.24, 2.45) is 0 Å². The van der Waals surface area contributed by atoms with Gasteiger partial charge in [0.25, 0.3) is 0 Å². The highest BCUT2D eigenvalue weighted by molar-refractivity contribution is 5.91. The molecule has 0 amide bonds. The molecule has 0 saturated carbocycles. The number of benzene rings is 2. The van der Waals surface area contributed by atoms with Crippen molar-refractivity contribution in [2.75, 3.05) is 26.9 Å². The normalized spacial score (nSPS) is 14.5. The van der Waals surface area contributed by atoms with Crippen LogP contribution in [-0.2, 0) is 14.3 Å². The Morgan fingerprint density at radius 2 is 1.94 bits per heavy atom. The molecule has 8 nitrogen and oxygen atoms in total. The summed E-state index contributed by atoms with van der Waals surface area (Å²) in [4.78, 5) is 24.0. The molecule has 31 heavy (non-hydrogen) atoms. The molecule has 0 aromatic heterocycles. The van der Waals surface area contributed by atoms with E-state index in [0.29, 0.717) is 35.0 Å². The highest BCUT2D eigenvalue weighted by Crippen LogP contribution is 2.27. The van der Waals surface area contributed by atoms with E-state index in [2.05, 4.69) is 0 Å². The van der Waals surface area contributed by atoms with Gasteiger partial charge < -0.3 is 23.7 Å². The summed E-state index contributed by atoms with van der Waals surface area (Å²) in [5.74, 6) is 0.267.